The summed E-state index contributed by atoms with van der Waals surface area (Å²) in [5, 5.41) is 11.0. The SMILES string of the molecule is CC(C)(C)OC(=O)c1cc(Oc2ccc(NC(=O)Nc3cc(C(C)(C)C)nn3-c3ccc4ncccc4c3)c(F)c2)ccn1. The van der Waals surface area contributed by atoms with Crippen LogP contribution >= 0.6 is 0 Å². The minimum Gasteiger partial charge on any atom is -0.457 e. The van der Waals surface area contributed by atoms with Crippen molar-refractivity contribution in [1.82, 2.24) is 19.7 Å². The molecule has 44 heavy (non-hydrogen) atoms. The van der Waals surface area contributed by atoms with Crippen molar-refractivity contribution in [1.29, 1.82) is 0 Å². The maximum absolute atomic E-state index is 15.1. The summed E-state index contributed by atoms with van der Waals surface area (Å²) in [6, 6.07) is 17.6. The van der Waals surface area contributed by atoms with Crippen molar-refractivity contribution in [3.63, 3.8) is 0 Å². The molecule has 0 fully saturated rings. The number of fused-ring (bicyclic) bond motifs is 1. The Balaban J connectivity index is 1.32. The Kier molecular flexibility index (Phi) is 8.05. The molecule has 0 aliphatic heterocycles. The van der Waals surface area contributed by atoms with E-state index in [-0.39, 0.29) is 28.3 Å². The average Bonchev–Trinajstić information content (AvgIpc) is 3.38. The molecule has 0 aliphatic carbocycles. The third kappa shape index (κ3) is 7.17. The summed E-state index contributed by atoms with van der Waals surface area (Å²) < 4.78 is 27.8. The van der Waals surface area contributed by atoms with Gasteiger partial charge in [-0.15, -0.1) is 0 Å². The Bertz CT molecular complexity index is 1860. The lowest BCUT2D eigenvalue weighted by Crippen LogP contribution is -2.24. The molecule has 226 valence electrons. The molecule has 3 heterocycles. The first-order valence-corrected chi connectivity index (χ1v) is 14.0. The van der Waals surface area contributed by atoms with Gasteiger partial charge in [0.15, 0.2) is 5.69 Å². The number of pyridine rings is 2. The van der Waals surface area contributed by atoms with Gasteiger partial charge in [-0.2, -0.15) is 5.10 Å². The van der Waals surface area contributed by atoms with Crippen molar-refractivity contribution in [3.05, 3.63) is 96.3 Å². The Hall–Kier alpha value is -5.32. The van der Waals surface area contributed by atoms with Gasteiger partial charge in [-0.05, 0) is 63.2 Å². The van der Waals surface area contributed by atoms with E-state index in [9.17, 15) is 9.59 Å². The van der Waals surface area contributed by atoms with Crippen molar-refractivity contribution in [3.8, 4) is 17.2 Å². The summed E-state index contributed by atoms with van der Waals surface area (Å²) in [4.78, 5) is 33.8. The van der Waals surface area contributed by atoms with Crippen LogP contribution in [-0.2, 0) is 10.2 Å². The number of halogens is 1. The molecule has 0 bridgehead atoms. The molecule has 3 aromatic heterocycles. The third-order valence-electron chi connectivity index (χ3n) is 6.31. The van der Waals surface area contributed by atoms with Crippen LogP contribution < -0.4 is 15.4 Å². The number of anilines is 2. The summed E-state index contributed by atoms with van der Waals surface area (Å²) >= 11 is 0. The van der Waals surface area contributed by atoms with E-state index in [0.717, 1.165) is 28.4 Å². The summed E-state index contributed by atoms with van der Waals surface area (Å²) in [5.74, 6) is -0.479. The zero-order chi connectivity index (χ0) is 31.6. The lowest BCUT2D eigenvalue weighted by Gasteiger charge is -2.19. The first kappa shape index (κ1) is 30.1. The normalized spacial score (nSPS) is 11.7. The number of amides is 2. The van der Waals surface area contributed by atoms with Gasteiger partial charge in [0.1, 0.15) is 28.7 Å². The minimum atomic E-state index is -0.718. The van der Waals surface area contributed by atoms with E-state index < -0.39 is 23.4 Å². The van der Waals surface area contributed by atoms with E-state index in [1.165, 1.54) is 30.5 Å². The molecule has 0 saturated heterocycles. The number of nitrogens with zero attached hydrogens (tertiary/aromatic N) is 4. The largest absolute Gasteiger partial charge is 0.457 e. The minimum absolute atomic E-state index is 0.0575. The molecular weight excluding hydrogens is 563 g/mol. The van der Waals surface area contributed by atoms with E-state index in [2.05, 4.69) is 20.6 Å². The maximum Gasteiger partial charge on any atom is 0.357 e. The topological polar surface area (TPSA) is 120 Å². The molecule has 2 aromatic carbocycles. The maximum atomic E-state index is 15.1. The molecule has 0 unspecified atom stereocenters. The van der Waals surface area contributed by atoms with Crippen LogP contribution in [0.2, 0.25) is 0 Å². The van der Waals surface area contributed by atoms with Gasteiger partial charge in [-0.25, -0.2) is 23.6 Å². The van der Waals surface area contributed by atoms with Gasteiger partial charge in [0.05, 0.1) is 22.6 Å². The van der Waals surface area contributed by atoms with Crippen LogP contribution in [-0.4, -0.2) is 37.3 Å². The predicted molar refractivity (Wildman–Crippen MR) is 166 cm³/mol. The highest BCUT2D eigenvalue weighted by Gasteiger charge is 2.23. The average molecular weight is 597 g/mol. The van der Waals surface area contributed by atoms with E-state index in [1.54, 1.807) is 37.7 Å². The predicted octanol–water partition coefficient (Wildman–Crippen LogP) is 7.64. The van der Waals surface area contributed by atoms with Crippen molar-refractivity contribution in [2.24, 2.45) is 0 Å². The Morgan fingerprint density at radius 3 is 2.34 bits per heavy atom. The second-order valence-electron chi connectivity index (χ2n) is 12.2. The van der Waals surface area contributed by atoms with Gasteiger partial charge in [-0.1, -0.05) is 26.8 Å². The van der Waals surface area contributed by atoms with Gasteiger partial charge < -0.3 is 14.8 Å². The van der Waals surface area contributed by atoms with Crippen LogP contribution in [0.25, 0.3) is 16.6 Å². The molecule has 10 nitrogen and oxygen atoms in total. The highest BCUT2D eigenvalue weighted by Crippen LogP contribution is 2.29. The van der Waals surface area contributed by atoms with Gasteiger partial charge in [0.2, 0.25) is 0 Å². The van der Waals surface area contributed by atoms with Crippen LogP contribution in [0.1, 0.15) is 57.7 Å². The number of esters is 1. The van der Waals surface area contributed by atoms with Crippen LogP contribution in [0.3, 0.4) is 0 Å². The summed E-state index contributed by atoms with van der Waals surface area (Å²) in [7, 11) is 0. The van der Waals surface area contributed by atoms with Crippen molar-refractivity contribution in [2.75, 3.05) is 10.6 Å². The molecule has 0 spiro atoms. The summed E-state index contributed by atoms with van der Waals surface area (Å²) in [5.41, 5.74) is 1.35. The van der Waals surface area contributed by atoms with E-state index >= 15 is 4.39 Å². The third-order valence-corrected chi connectivity index (χ3v) is 6.31. The van der Waals surface area contributed by atoms with Gasteiger partial charge in [-0.3, -0.25) is 10.3 Å². The quantitative estimate of drug-likeness (QED) is 0.193. The highest BCUT2D eigenvalue weighted by molar-refractivity contribution is 5.99. The molecule has 0 aliphatic rings. The molecule has 2 N–H and O–H groups in total. The number of ether oxygens (including phenoxy) is 2. The van der Waals surface area contributed by atoms with Gasteiger partial charge >= 0.3 is 12.0 Å². The molecule has 5 aromatic rings. The highest BCUT2D eigenvalue weighted by atomic mass is 19.1. The number of benzene rings is 2. The molecule has 0 atom stereocenters. The second-order valence-corrected chi connectivity index (χ2v) is 12.2. The van der Waals surface area contributed by atoms with Crippen molar-refractivity contribution in [2.45, 2.75) is 52.6 Å². The monoisotopic (exact) mass is 596 g/mol. The number of rotatable bonds is 6. The Morgan fingerprint density at radius 2 is 1.61 bits per heavy atom. The van der Waals surface area contributed by atoms with Crippen LogP contribution in [0.15, 0.2) is 79.1 Å². The molecule has 0 radical (unpaired) electrons. The number of carbonyl (C=O) groups is 2. The van der Waals surface area contributed by atoms with E-state index in [0.29, 0.717) is 5.82 Å². The zero-order valence-corrected chi connectivity index (χ0v) is 25.3. The number of urea groups is 1. The lowest BCUT2D eigenvalue weighted by molar-refractivity contribution is 0.00624. The van der Waals surface area contributed by atoms with Gasteiger partial charge in [0, 0.05) is 41.4 Å². The number of hydrogen-bond donors (Lipinski definition) is 2. The van der Waals surface area contributed by atoms with Crippen LogP contribution in [0.4, 0.5) is 20.7 Å². The first-order chi connectivity index (χ1) is 20.7. The van der Waals surface area contributed by atoms with Gasteiger partial charge in [0.25, 0.3) is 0 Å². The van der Waals surface area contributed by atoms with Crippen LogP contribution in [0, 0.1) is 5.82 Å². The summed E-state index contributed by atoms with van der Waals surface area (Å²) in [6.07, 6.45) is 3.13. The molecule has 0 saturated carbocycles. The molecule has 2 amide bonds. The van der Waals surface area contributed by atoms with Crippen LogP contribution in [0.5, 0.6) is 11.5 Å². The van der Waals surface area contributed by atoms with Crippen molar-refractivity contribution < 1.29 is 23.5 Å². The van der Waals surface area contributed by atoms with Crippen molar-refractivity contribution >= 4 is 34.4 Å². The molecule has 5 rings (SSSR count). The fourth-order valence-electron chi connectivity index (χ4n) is 4.21. The first-order valence-electron chi connectivity index (χ1n) is 14.0. The Labute approximate surface area is 254 Å². The standard InChI is InChI=1S/C33H33FN6O4/c1-32(2,3)28-19-29(40(39-28)21-9-11-25-20(16-21)8-7-14-35-25)38-31(42)37-26-12-10-22(17-24(26)34)43-23-13-15-36-27(18-23)30(41)44-33(4,5)6/h7-19H,1-6H3,(H2,37,38,42). The number of carbonyl (C=O) groups excluding carboxylic acids is 2. The lowest BCUT2D eigenvalue weighted by atomic mass is 9.92. The molecule has 11 heteroatoms. The Morgan fingerprint density at radius 1 is 0.841 bits per heavy atom. The fourth-order valence-corrected chi connectivity index (χ4v) is 4.21. The zero-order valence-electron chi connectivity index (χ0n) is 25.3. The molecular formula is C33H33FN6O4. The number of hydrogen-bond acceptors (Lipinski definition) is 7. The fraction of sp³-hybridized carbons (Fsp3) is 0.242. The van der Waals surface area contributed by atoms with E-state index in [1.807, 2.05) is 51.1 Å². The smallest absolute Gasteiger partial charge is 0.357 e. The second kappa shape index (κ2) is 11.8. The van der Waals surface area contributed by atoms with E-state index in [4.69, 9.17) is 14.6 Å². The summed E-state index contributed by atoms with van der Waals surface area (Å²) in [6.45, 7) is 11.3. The number of aromatic nitrogens is 4. The number of nitrogens with one attached hydrogen (secondary N) is 2.